The number of amides is 1. The number of alkyl carbamates (subject to hydrolysis) is 1. The Hall–Kier alpha value is -1.50. The lowest BCUT2D eigenvalue weighted by Gasteiger charge is -2.23. The van der Waals surface area contributed by atoms with Crippen LogP contribution in [-0.2, 0) is 9.47 Å². The second-order valence-electron chi connectivity index (χ2n) is 7.87. The number of carbonyl (C=O) groups excluding carboxylic acids is 1. The zero-order valence-electron chi connectivity index (χ0n) is 16.7. The first-order valence-electron chi connectivity index (χ1n) is 9.24. The lowest BCUT2D eigenvalue weighted by atomic mass is 10.2. The molecule has 1 aliphatic heterocycles. The fourth-order valence-corrected chi connectivity index (χ4v) is 2.57. The molecule has 25 heavy (non-hydrogen) atoms. The fourth-order valence-electron chi connectivity index (χ4n) is 2.57. The molecule has 1 amide bonds. The Morgan fingerprint density at radius 2 is 2.08 bits per heavy atom. The van der Waals surface area contributed by atoms with Crippen molar-refractivity contribution < 1.29 is 14.3 Å². The number of nitrogens with one attached hydrogen (secondary N) is 2. The highest BCUT2D eigenvalue weighted by atomic mass is 16.6. The number of nitrogens with zero attached hydrogens (tertiary/aromatic N) is 2. The van der Waals surface area contributed by atoms with Gasteiger partial charge in [-0.05, 0) is 39.5 Å². The highest BCUT2D eigenvalue weighted by Gasteiger charge is 2.27. The number of guanidine groups is 1. The molecule has 1 aliphatic rings. The highest BCUT2D eigenvalue weighted by molar-refractivity contribution is 5.80. The van der Waals surface area contributed by atoms with Crippen molar-refractivity contribution in [1.29, 1.82) is 0 Å². The lowest BCUT2D eigenvalue weighted by molar-refractivity contribution is 0.0507. The summed E-state index contributed by atoms with van der Waals surface area (Å²) in [6, 6.07) is 0.0859. The quantitative estimate of drug-likeness (QED) is 0.416. The first-order valence-corrected chi connectivity index (χ1v) is 9.24. The zero-order valence-corrected chi connectivity index (χ0v) is 16.7. The molecule has 1 rings (SSSR count). The van der Waals surface area contributed by atoms with Crippen molar-refractivity contribution in [3.05, 3.63) is 0 Å². The molecule has 0 aromatic rings. The standard InChI is InChI=1S/C18H36N4O3/c1-14(2)13-24-11-7-9-20-16(19-6)22-10-8-15(12-22)21-17(23)25-18(3,4)5/h14-15H,7-13H2,1-6H3,(H,19,20)(H,21,23). The van der Waals surface area contributed by atoms with E-state index in [1.165, 1.54) is 0 Å². The Kier molecular flexibility index (Phi) is 9.03. The van der Waals surface area contributed by atoms with Crippen LogP contribution in [0, 0.1) is 5.92 Å². The van der Waals surface area contributed by atoms with Crippen molar-refractivity contribution in [3.63, 3.8) is 0 Å². The molecular formula is C18H36N4O3. The molecule has 0 radical (unpaired) electrons. The third-order valence-electron chi connectivity index (χ3n) is 3.62. The van der Waals surface area contributed by atoms with E-state index in [1.54, 1.807) is 7.05 Å². The van der Waals surface area contributed by atoms with Crippen LogP contribution in [0.5, 0.6) is 0 Å². The van der Waals surface area contributed by atoms with Gasteiger partial charge in [0.15, 0.2) is 5.96 Å². The summed E-state index contributed by atoms with van der Waals surface area (Å²) in [4.78, 5) is 18.4. The minimum atomic E-state index is -0.475. The molecule has 7 nitrogen and oxygen atoms in total. The number of likely N-dealkylation sites (tertiary alicyclic amines) is 1. The Balaban J connectivity index is 2.27. The first kappa shape index (κ1) is 21.5. The Morgan fingerprint density at radius 3 is 2.68 bits per heavy atom. The van der Waals surface area contributed by atoms with Gasteiger partial charge in [-0.2, -0.15) is 0 Å². The Morgan fingerprint density at radius 1 is 1.36 bits per heavy atom. The first-order chi connectivity index (χ1) is 11.7. The molecule has 1 unspecified atom stereocenters. The van der Waals surface area contributed by atoms with Crippen LogP contribution in [-0.4, -0.2) is 68.5 Å². The van der Waals surface area contributed by atoms with Crippen molar-refractivity contribution >= 4 is 12.1 Å². The van der Waals surface area contributed by atoms with E-state index >= 15 is 0 Å². The summed E-state index contributed by atoms with van der Waals surface area (Å²) in [5, 5.41) is 6.30. The maximum absolute atomic E-state index is 11.9. The Bertz CT molecular complexity index is 433. The molecule has 1 saturated heterocycles. The summed E-state index contributed by atoms with van der Waals surface area (Å²) < 4.78 is 10.9. The molecule has 1 atom stereocenters. The van der Waals surface area contributed by atoms with E-state index in [-0.39, 0.29) is 12.1 Å². The molecule has 0 saturated carbocycles. The predicted octanol–water partition coefficient (Wildman–Crippen LogP) is 2.22. The van der Waals surface area contributed by atoms with Crippen LogP contribution in [0.25, 0.3) is 0 Å². The maximum Gasteiger partial charge on any atom is 0.407 e. The normalized spacial score (nSPS) is 18.6. The lowest BCUT2D eigenvalue weighted by Crippen LogP contribution is -2.44. The second-order valence-corrected chi connectivity index (χ2v) is 7.87. The van der Waals surface area contributed by atoms with Gasteiger partial charge in [0.05, 0.1) is 6.04 Å². The molecule has 0 bridgehead atoms. The maximum atomic E-state index is 11.9. The van der Waals surface area contributed by atoms with Crippen LogP contribution >= 0.6 is 0 Å². The van der Waals surface area contributed by atoms with Crippen molar-refractivity contribution in [2.24, 2.45) is 10.9 Å². The summed E-state index contributed by atoms with van der Waals surface area (Å²) in [5.41, 5.74) is -0.475. The van der Waals surface area contributed by atoms with Crippen LogP contribution < -0.4 is 10.6 Å². The SMILES string of the molecule is CN=C(NCCCOCC(C)C)N1CCC(NC(=O)OC(C)(C)C)C1. The van der Waals surface area contributed by atoms with Crippen molar-refractivity contribution in [3.8, 4) is 0 Å². The van der Waals surface area contributed by atoms with E-state index in [4.69, 9.17) is 9.47 Å². The third kappa shape index (κ3) is 9.53. The van der Waals surface area contributed by atoms with Crippen LogP contribution in [0.1, 0.15) is 47.5 Å². The molecule has 7 heteroatoms. The number of hydrogen-bond donors (Lipinski definition) is 2. The zero-order chi connectivity index (χ0) is 18.9. The van der Waals surface area contributed by atoms with E-state index in [0.717, 1.165) is 51.6 Å². The topological polar surface area (TPSA) is 75.2 Å². The average Bonchev–Trinajstić information content (AvgIpc) is 2.92. The summed E-state index contributed by atoms with van der Waals surface area (Å²) in [6.45, 7) is 13.9. The summed E-state index contributed by atoms with van der Waals surface area (Å²) in [7, 11) is 1.78. The molecule has 2 N–H and O–H groups in total. The molecule has 0 aromatic heterocycles. The largest absolute Gasteiger partial charge is 0.444 e. The minimum absolute atomic E-state index is 0.0859. The molecular weight excluding hydrogens is 320 g/mol. The van der Waals surface area contributed by atoms with Gasteiger partial charge in [0.25, 0.3) is 0 Å². The molecule has 0 spiro atoms. The van der Waals surface area contributed by atoms with Gasteiger partial charge in [-0.3, -0.25) is 4.99 Å². The average molecular weight is 357 g/mol. The van der Waals surface area contributed by atoms with Crippen LogP contribution in [0.15, 0.2) is 4.99 Å². The number of ether oxygens (including phenoxy) is 2. The second kappa shape index (κ2) is 10.5. The van der Waals surface area contributed by atoms with Crippen LogP contribution in [0.4, 0.5) is 4.79 Å². The molecule has 0 aliphatic carbocycles. The third-order valence-corrected chi connectivity index (χ3v) is 3.62. The van der Waals surface area contributed by atoms with Gasteiger partial charge in [-0.15, -0.1) is 0 Å². The predicted molar refractivity (Wildman–Crippen MR) is 101 cm³/mol. The van der Waals surface area contributed by atoms with Gasteiger partial charge in [0.1, 0.15) is 5.60 Å². The number of hydrogen-bond acceptors (Lipinski definition) is 4. The summed E-state index contributed by atoms with van der Waals surface area (Å²) in [5.74, 6) is 1.44. The minimum Gasteiger partial charge on any atom is -0.444 e. The van der Waals surface area contributed by atoms with Crippen molar-refractivity contribution in [2.75, 3.05) is 39.9 Å². The monoisotopic (exact) mass is 356 g/mol. The van der Waals surface area contributed by atoms with Crippen LogP contribution in [0.2, 0.25) is 0 Å². The van der Waals surface area contributed by atoms with E-state index in [2.05, 4.69) is 34.4 Å². The van der Waals surface area contributed by atoms with E-state index in [9.17, 15) is 4.79 Å². The van der Waals surface area contributed by atoms with E-state index in [1.807, 2.05) is 20.8 Å². The molecule has 1 heterocycles. The van der Waals surface area contributed by atoms with Gasteiger partial charge < -0.3 is 25.0 Å². The van der Waals surface area contributed by atoms with Gasteiger partial charge in [0, 0.05) is 39.9 Å². The van der Waals surface area contributed by atoms with Gasteiger partial charge >= 0.3 is 6.09 Å². The molecule has 1 fully saturated rings. The van der Waals surface area contributed by atoms with Gasteiger partial charge in [0.2, 0.25) is 0 Å². The van der Waals surface area contributed by atoms with E-state index < -0.39 is 5.60 Å². The van der Waals surface area contributed by atoms with E-state index in [0.29, 0.717) is 5.92 Å². The number of rotatable bonds is 7. The van der Waals surface area contributed by atoms with Crippen LogP contribution in [0.3, 0.4) is 0 Å². The van der Waals surface area contributed by atoms with Gasteiger partial charge in [-0.1, -0.05) is 13.8 Å². The van der Waals surface area contributed by atoms with Crippen molar-refractivity contribution in [1.82, 2.24) is 15.5 Å². The number of aliphatic imine (C=N–C) groups is 1. The van der Waals surface area contributed by atoms with Crippen molar-refractivity contribution in [2.45, 2.75) is 59.1 Å². The van der Waals surface area contributed by atoms with Gasteiger partial charge in [-0.25, -0.2) is 4.79 Å². The molecule has 146 valence electrons. The smallest absolute Gasteiger partial charge is 0.407 e. The summed E-state index contributed by atoms with van der Waals surface area (Å²) >= 11 is 0. The fraction of sp³-hybridized carbons (Fsp3) is 0.889. The Labute approximate surface area is 152 Å². The molecule has 0 aromatic carbocycles. The summed E-state index contributed by atoms with van der Waals surface area (Å²) in [6.07, 6.45) is 1.47. The number of carbonyl (C=O) groups is 1. The highest BCUT2D eigenvalue weighted by Crippen LogP contribution is 2.12.